The van der Waals surface area contributed by atoms with Crippen molar-refractivity contribution in [1.29, 1.82) is 0 Å². The molecule has 0 saturated carbocycles. The van der Waals surface area contributed by atoms with Crippen LogP contribution in [0.5, 0.6) is 0 Å². The van der Waals surface area contributed by atoms with E-state index in [0.717, 1.165) is 77.1 Å². The van der Waals surface area contributed by atoms with Crippen molar-refractivity contribution in [2.45, 2.75) is 76.7 Å². The van der Waals surface area contributed by atoms with Crippen LogP contribution in [0.15, 0.2) is 18.3 Å². The Morgan fingerprint density at radius 1 is 0.903 bits per heavy atom. The van der Waals surface area contributed by atoms with Gasteiger partial charge in [-0.2, -0.15) is 0 Å². The van der Waals surface area contributed by atoms with Gasteiger partial charge in [0.1, 0.15) is 0 Å². The molecule has 3 aliphatic heterocycles. The van der Waals surface area contributed by atoms with Gasteiger partial charge in [0.05, 0.1) is 11.6 Å². The standard InChI is InChI=1S/C25H38N4O2/c1-2-23(27-13-5-3-6-14-27)25(31)29-17-11-20(12-18-29)22-10-9-21(19-26-22)24(30)28-15-7-4-8-16-28/h9-10,19-20,23H,2-8,11-18H2,1H3. The Morgan fingerprint density at radius 2 is 1.55 bits per heavy atom. The number of aromatic nitrogens is 1. The monoisotopic (exact) mass is 426 g/mol. The molecule has 0 spiro atoms. The topological polar surface area (TPSA) is 56.8 Å². The van der Waals surface area contributed by atoms with Gasteiger partial charge in [0.2, 0.25) is 5.91 Å². The van der Waals surface area contributed by atoms with Gasteiger partial charge in [-0.15, -0.1) is 0 Å². The molecular weight excluding hydrogens is 388 g/mol. The van der Waals surface area contributed by atoms with E-state index in [1.807, 2.05) is 17.0 Å². The fraction of sp³-hybridized carbons (Fsp3) is 0.720. The van der Waals surface area contributed by atoms with E-state index < -0.39 is 0 Å². The minimum atomic E-state index is 0.0510. The highest BCUT2D eigenvalue weighted by molar-refractivity contribution is 5.94. The lowest BCUT2D eigenvalue weighted by molar-refractivity contribution is -0.138. The van der Waals surface area contributed by atoms with Gasteiger partial charge in [0.25, 0.3) is 5.91 Å². The van der Waals surface area contributed by atoms with E-state index in [1.165, 1.54) is 25.7 Å². The average molecular weight is 427 g/mol. The summed E-state index contributed by atoms with van der Waals surface area (Å²) in [5, 5.41) is 0. The van der Waals surface area contributed by atoms with E-state index in [4.69, 9.17) is 0 Å². The van der Waals surface area contributed by atoms with Crippen molar-refractivity contribution >= 4 is 11.8 Å². The molecule has 1 atom stereocenters. The predicted octanol–water partition coefficient (Wildman–Crippen LogP) is 3.68. The molecule has 1 aromatic rings. The van der Waals surface area contributed by atoms with Gasteiger partial charge in [-0.1, -0.05) is 13.3 Å². The zero-order valence-corrected chi connectivity index (χ0v) is 19.1. The first kappa shape index (κ1) is 22.3. The summed E-state index contributed by atoms with van der Waals surface area (Å²) in [6.07, 6.45) is 11.7. The van der Waals surface area contributed by atoms with Crippen molar-refractivity contribution in [1.82, 2.24) is 19.7 Å². The summed E-state index contributed by atoms with van der Waals surface area (Å²) in [7, 11) is 0. The maximum Gasteiger partial charge on any atom is 0.255 e. The van der Waals surface area contributed by atoms with Gasteiger partial charge in [0, 0.05) is 44.0 Å². The number of hydrogen-bond donors (Lipinski definition) is 0. The van der Waals surface area contributed by atoms with E-state index >= 15 is 0 Å². The number of likely N-dealkylation sites (tertiary alicyclic amines) is 3. The number of nitrogens with zero attached hydrogens (tertiary/aromatic N) is 4. The van der Waals surface area contributed by atoms with Gasteiger partial charge in [-0.05, 0) is 76.6 Å². The molecule has 1 unspecified atom stereocenters. The fourth-order valence-electron chi connectivity index (χ4n) is 5.48. The van der Waals surface area contributed by atoms with Crippen LogP contribution in [-0.4, -0.2) is 76.8 Å². The molecule has 6 heteroatoms. The number of rotatable bonds is 5. The van der Waals surface area contributed by atoms with E-state index in [1.54, 1.807) is 6.20 Å². The van der Waals surface area contributed by atoms with Crippen LogP contribution >= 0.6 is 0 Å². The number of piperidine rings is 3. The number of amides is 2. The van der Waals surface area contributed by atoms with Crippen molar-refractivity contribution in [3.63, 3.8) is 0 Å². The molecule has 3 aliphatic rings. The van der Waals surface area contributed by atoms with Gasteiger partial charge >= 0.3 is 0 Å². The Labute approximate surface area is 187 Å². The van der Waals surface area contributed by atoms with Crippen LogP contribution in [0.25, 0.3) is 0 Å². The first-order chi connectivity index (χ1) is 15.2. The van der Waals surface area contributed by atoms with Gasteiger partial charge in [-0.3, -0.25) is 19.5 Å². The maximum atomic E-state index is 13.2. The van der Waals surface area contributed by atoms with Gasteiger partial charge in [0.15, 0.2) is 0 Å². The highest BCUT2D eigenvalue weighted by Crippen LogP contribution is 2.28. The molecule has 4 heterocycles. The number of carbonyl (C=O) groups excluding carboxylic acids is 2. The Kier molecular flexibility index (Phi) is 7.59. The summed E-state index contributed by atoms with van der Waals surface area (Å²) in [5.74, 6) is 0.805. The smallest absolute Gasteiger partial charge is 0.255 e. The summed E-state index contributed by atoms with van der Waals surface area (Å²) in [6, 6.07) is 4.03. The molecule has 1 aromatic heterocycles. The Bertz CT molecular complexity index is 730. The van der Waals surface area contributed by atoms with Crippen LogP contribution in [-0.2, 0) is 4.79 Å². The van der Waals surface area contributed by atoms with Crippen LogP contribution in [0.2, 0.25) is 0 Å². The highest BCUT2D eigenvalue weighted by atomic mass is 16.2. The van der Waals surface area contributed by atoms with E-state index in [9.17, 15) is 9.59 Å². The van der Waals surface area contributed by atoms with Crippen LogP contribution in [0.1, 0.15) is 86.7 Å². The molecule has 0 bridgehead atoms. The lowest BCUT2D eigenvalue weighted by Gasteiger charge is -2.39. The van der Waals surface area contributed by atoms with Crippen LogP contribution in [0, 0.1) is 0 Å². The molecule has 0 aromatic carbocycles. The first-order valence-electron chi connectivity index (χ1n) is 12.5. The minimum Gasteiger partial charge on any atom is -0.341 e. The molecule has 0 aliphatic carbocycles. The van der Waals surface area contributed by atoms with E-state index in [0.29, 0.717) is 17.4 Å². The summed E-state index contributed by atoms with van der Waals surface area (Å²) in [5.41, 5.74) is 1.76. The average Bonchev–Trinajstić information content (AvgIpc) is 2.85. The SMILES string of the molecule is CCC(C(=O)N1CCC(c2ccc(C(=O)N3CCCCC3)cn2)CC1)N1CCCCC1. The third-order valence-corrected chi connectivity index (χ3v) is 7.40. The van der Waals surface area contributed by atoms with Gasteiger partial charge < -0.3 is 9.80 Å². The second kappa shape index (κ2) is 10.6. The molecule has 0 radical (unpaired) electrons. The first-order valence-corrected chi connectivity index (χ1v) is 12.5. The maximum absolute atomic E-state index is 13.2. The fourth-order valence-corrected chi connectivity index (χ4v) is 5.48. The summed E-state index contributed by atoms with van der Waals surface area (Å²) < 4.78 is 0. The molecule has 31 heavy (non-hydrogen) atoms. The van der Waals surface area contributed by atoms with Crippen LogP contribution in [0.3, 0.4) is 0 Å². The van der Waals surface area contributed by atoms with Crippen molar-refractivity contribution in [2.24, 2.45) is 0 Å². The second-order valence-corrected chi connectivity index (χ2v) is 9.44. The quantitative estimate of drug-likeness (QED) is 0.721. The third kappa shape index (κ3) is 5.28. The van der Waals surface area contributed by atoms with Crippen molar-refractivity contribution < 1.29 is 9.59 Å². The van der Waals surface area contributed by atoms with Crippen LogP contribution in [0.4, 0.5) is 0 Å². The van der Waals surface area contributed by atoms with Gasteiger partial charge in [-0.25, -0.2) is 0 Å². The molecule has 170 valence electrons. The zero-order chi connectivity index (χ0) is 21.6. The van der Waals surface area contributed by atoms with Crippen LogP contribution < -0.4 is 0 Å². The second-order valence-electron chi connectivity index (χ2n) is 9.44. The number of hydrogen-bond acceptors (Lipinski definition) is 4. The van der Waals surface area contributed by atoms with Crippen molar-refractivity contribution in [3.05, 3.63) is 29.6 Å². The molecular formula is C25H38N4O2. The van der Waals surface area contributed by atoms with E-state index in [-0.39, 0.29) is 11.9 Å². The number of pyridine rings is 1. The predicted molar refractivity (Wildman–Crippen MR) is 122 cm³/mol. The molecule has 2 amide bonds. The van der Waals surface area contributed by atoms with Crippen molar-refractivity contribution in [3.8, 4) is 0 Å². The summed E-state index contributed by atoms with van der Waals surface area (Å²) in [4.78, 5) is 36.9. The molecule has 6 nitrogen and oxygen atoms in total. The molecule has 4 rings (SSSR count). The molecule has 3 saturated heterocycles. The summed E-state index contributed by atoms with van der Waals surface area (Å²) in [6.45, 7) is 7.61. The largest absolute Gasteiger partial charge is 0.341 e. The lowest BCUT2D eigenvalue weighted by atomic mass is 9.92. The van der Waals surface area contributed by atoms with Crippen molar-refractivity contribution in [2.75, 3.05) is 39.3 Å². The Balaban J connectivity index is 1.31. The Hall–Kier alpha value is -1.95. The normalized spacial score (nSPS) is 22.4. The molecule has 0 N–H and O–H groups in total. The highest BCUT2D eigenvalue weighted by Gasteiger charge is 2.32. The Morgan fingerprint density at radius 3 is 2.13 bits per heavy atom. The third-order valence-electron chi connectivity index (χ3n) is 7.40. The zero-order valence-electron chi connectivity index (χ0n) is 19.1. The lowest BCUT2D eigenvalue weighted by Crippen LogP contribution is -2.51. The molecule has 3 fully saturated rings. The number of carbonyl (C=O) groups is 2. The van der Waals surface area contributed by atoms with E-state index in [2.05, 4.69) is 21.7 Å². The summed E-state index contributed by atoms with van der Waals surface area (Å²) >= 11 is 0. The minimum absolute atomic E-state index is 0.0510.